The van der Waals surface area contributed by atoms with E-state index in [9.17, 15) is 0 Å². The normalized spacial score (nSPS) is 16.7. The van der Waals surface area contributed by atoms with E-state index < -0.39 is 0 Å². The van der Waals surface area contributed by atoms with Gasteiger partial charge in [0.05, 0.1) is 0 Å². The SMILES string of the molecule is C=C/C(C)=C\C.CN.NC1CCCCC1. The molecule has 90 valence electrons. The van der Waals surface area contributed by atoms with Crippen molar-refractivity contribution in [2.75, 3.05) is 7.05 Å². The van der Waals surface area contributed by atoms with E-state index in [2.05, 4.69) is 12.3 Å². The summed E-state index contributed by atoms with van der Waals surface area (Å²) in [5.74, 6) is 0. The molecule has 1 rings (SSSR count). The van der Waals surface area contributed by atoms with E-state index in [1.165, 1.54) is 44.7 Å². The molecule has 2 nitrogen and oxygen atoms in total. The van der Waals surface area contributed by atoms with E-state index in [0.29, 0.717) is 6.04 Å². The molecule has 0 saturated heterocycles. The first-order valence-electron chi connectivity index (χ1n) is 5.79. The molecule has 2 heteroatoms. The van der Waals surface area contributed by atoms with Gasteiger partial charge in [-0.25, -0.2) is 0 Å². The van der Waals surface area contributed by atoms with Crippen molar-refractivity contribution in [1.82, 2.24) is 0 Å². The first-order chi connectivity index (χ1) is 7.20. The molecule has 0 spiro atoms. The summed E-state index contributed by atoms with van der Waals surface area (Å²) in [5, 5.41) is 0. The van der Waals surface area contributed by atoms with Gasteiger partial charge in [-0.05, 0) is 33.7 Å². The Morgan fingerprint density at radius 1 is 1.20 bits per heavy atom. The quantitative estimate of drug-likeness (QED) is 0.656. The van der Waals surface area contributed by atoms with Crippen LogP contribution in [0.3, 0.4) is 0 Å². The minimum atomic E-state index is 0.536. The molecule has 0 aromatic carbocycles. The van der Waals surface area contributed by atoms with Gasteiger partial charge < -0.3 is 11.5 Å². The van der Waals surface area contributed by atoms with Gasteiger partial charge in [0.15, 0.2) is 0 Å². The molecule has 1 aliphatic carbocycles. The third kappa shape index (κ3) is 13.4. The summed E-state index contributed by atoms with van der Waals surface area (Å²) in [6.45, 7) is 7.58. The largest absolute Gasteiger partial charge is 0.333 e. The second-order valence-electron chi connectivity index (χ2n) is 3.63. The van der Waals surface area contributed by atoms with Crippen LogP contribution in [-0.4, -0.2) is 13.1 Å². The minimum absolute atomic E-state index is 0.536. The van der Waals surface area contributed by atoms with Crippen molar-refractivity contribution in [3.8, 4) is 0 Å². The maximum atomic E-state index is 5.63. The Kier molecular flexibility index (Phi) is 15.0. The van der Waals surface area contributed by atoms with E-state index in [4.69, 9.17) is 5.73 Å². The van der Waals surface area contributed by atoms with Crippen LogP contribution in [0.4, 0.5) is 0 Å². The molecule has 4 N–H and O–H groups in total. The summed E-state index contributed by atoms with van der Waals surface area (Å²) in [6.07, 6.45) is 10.5. The lowest BCUT2D eigenvalue weighted by Crippen LogP contribution is -2.22. The third-order valence-corrected chi connectivity index (χ3v) is 2.43. The summed E-state index contributed by atoms with van der Waals surface area (Å²) < 4.78 is 0. The van der Waals surface area contributed by atoms with Crippen LogP contribution in [0.25, 0.3) is 0 Å². The van der Waals surface area contributed by atoms with Gasteiger partial charge in [0.1, 0.15) is 0 Å². The molecule has 0 amide bonds. The average molecular weight is 212 g/mol. The average Bonchev–Trinajstić information content (AvgIpc) is 2.32. The Morgan fingerprint density at radius 3 is 1.80 bits per heavy atom. The Balaban J connectivity index is 0. The molecular formula is C13H28N2. The molecule has 0 unspecified atom stereocenters. The predicted molar refractivity (Wildman–Crippen MR) is 70.8 cm³/mol. The third-order valence-electron chi connectivity index (χ3n) is 2.43. The van der Waals surface area contributed by atoms with Gasteiger partial charge in [0.2, 0.25) is 0 Å². The van der Waals surface area contributed by atoms with E-state index in [-0.39, 0.29) is 0 Å². The first kappa shape index (κ1) is 16.8. The van der Waals surface area contributed by atoms with E-state index >= 15 is 0 Å². The fraction of sp³-hybridized carbons (Fsp3) is 0.692. The summed E-state index contributed by atoms with van der Waals surface area (Å²) in [4.78, 5) is 0. The van der Waals surface area contributed by atoms with Crippen molar-refractivity contribution in [2.45, 2.75) is 52.0 Å². The van der Waals surface area contributed by atoms with Crippen LogP contribution in [0, 0.1) is 0 Å². The van der Waals surface area contributed by atoms with Gasteiger partial charge in [0.25, 0.3) is 0 Å². The lowest BCUT2D eigenvalue weighted by Gasteiger charge is -2.15. The molecule has 1 saturated carbocycles. The molecule has 0 aromatic heterocycles. The van der Waals surface area contributed by atoms with Gasteiger partial charge in [-0.15, -0.1) is 0 Å². The first-order valence-corrected chi connectivity index (χ1v) is 5.79. The zero-order chi connectivity index (χ0) is 12.1. The Morgan fingerprint density at radius 2 is 1.67 bits per heavy atom. The van der Waals surface area contributed by atoms with Crippen LogP contribution in [0.2, 0.25) is 0 Å². The van der Waals surface area contributed by atoms with Gasteiger partial charge >= 0.3 is 0 Å². The highest BCUT2D eigenvalue weighted by molar-refractivity contribution is 5.10. The van der Waals surface area contributed by atoms with E-state index in [1.807, 2.05) is 26.0 Å². The Labute approximate surface area is 95.4 Å². The highest BCUT2D eigenvalue weighted by atomic mass is 14.6. The van der Waals surface area contributed by atoms with Crippen molar-refractivity contribution in [3.63, 3.8) is 0 Å². The lowest BCUT2D eigenvalue weighted by molar-refractivity contribution is 0.441. The number of hydrogen-bond donors (Lipinski definition) is 2. The van der Waals surface area contributed by atoms with Crippen LogP contribution in [0.5, 0.6) is 0 Å². The minimum Gasteiger partial charge on any atom is -0.333 e. The van der Waals surface area contributed by atoms with Crippen molar-refractivity contribution in [2.24, 2.45) is 11.5 Å². The molecule has 1 fully saturated rings. The van der Waals surface area contributed by atoms with E-state index in [0.717, 1.165) is 0 Å². The van der Waals surface area contributed by atoms with Crippen LogP contribution in [0.15, 0.2) is 24.3 Å². The second-order valence-corrected chi connectivity index (χ2v) is 3.63. The molecule has 0 radical (unpaired) electrons. The molecule has 0 aliphatic heterocycles. The zero-order valence-corrected chi connectivity index (χ0v) is 10.6. The zero-order valence-electron chi connectivity index (χ0n) is 10.6. The van der Waals surface area contributed by atoms with E-state index in [1.54, 1.807) is 0 Å². The topological polar surface area (TPSA) is 52.0 Å². The highest BCUT2D eigenvalue weighted by Gasteiger charge is 2.06. The molecule has 15 heavy (non-hydrogen) atoms. The fourth-order valence-corrected chi connectivity index (χ4v) is 1.25. The van der Waals surface area contributed by atoms with Crippen LogP contribution < -0.4 is 11.5 Å². The van der Waals surface area contributed by atoms with Crippen LogP contribution in [-0.2, 0) is 0 Å². The Bertz CT molecular complexity index is 156. The lowest BCUT2D eigenvalue weighted by atomic mass is 9.97. The summed E-state index contributed by atoms with van der Waals surface area (Å²) in [7, 11) is 1.50. The fourth-order valence-electron chi connectivity index (χ4n) is 1.25. The summed E-state index contributed by atoms with van der Waals surface area (Å²) >= 11 is 0. The van der Waals surface area contributed by atoms with Gasteiger partial charge in [-0.1, -0.05) is 43.6 Å². The standard InChI is InChI=1S/C6H13N.C6H10.CH5N/c7-6-4-2-1-3-5-6;1-4-6(3)5-2;1-2/h6H,1-5,7H2;4-5H,1H2,2-3H3;2H2,1H3/b;6-5-;. The maximum Gasteiger partial charge on any atom is 0.00388 e. The number of allylic oxidation sites excluding steroid dienone is 3. The summed E-state index contributed by atoms with van der Waals surface area (Å²) in [5.41, 5.74) is 11.4. The van der Waals surface area contributed by atoms with Crippen molar-refractivity contribution >= 4 is 0 Å². The highest BCUT2D eigenvalue weighted by Crippen LogP contribution is 2.14. The molecule has 0 atom stereocenters. The van der Waals surface area contributed by atoms with Crippen molar-refractivity contribution in [3.05, 3.63) is 24.3 Å². The van der Waals surface area contributed by atoms with Crippen LogP contribution in [0.1, 0.15) is 46.0 Å². The number of hydrogen-bond acceptors (Lipinski definition) is 2. The van der Waals surface area contributed by atoms with Crippen molar-refractivity contribution < 1.29 is 0 Å². The molecule has 1 aliphatic rings. The van der Waals surface area contributed by atoms with Gasteiger partial charge in [-0.3, -0.25) is 0 Å². The summed E-state index contributed by atoms with van der Waals surface area (Å²) in [6, 6.07) is 0.536. The van der Waals surface area contributed by atoms with Crippen molar-refractivity contribution in [1.29, 1.82) is 0 Å². The van der Waals surface area contributed by atoms with Crippen LogP contribution >= 0.6 is 0 Å². The van der Waals surface area contributed by atoms with Gasteiger partial charge in [0, 0.05) is 6.04 Å². The molecular weight excluding hydrogens is 184 g/mol. The number of rotatable bonds is 1. The monoisotopic (exact) mass is 212 g/mol. The molecule has 0 bridgehead atoms. The smallest absolute Gasteiger partial charge is 0.00388 e. The Hall–Kier alpha value is -0.600. The molecule has 0 aromatic rings. The second kappa shape index (κ2) is 13.4. The van der Waals surface area contributed by atoms with Gasteiger partial charge in [-0.2, -0.15) is 0 Å². The maximum absolute atomic E-state index is 5.63. The predicted octanol–water partition coefficient (Wildman–Crippen LogP) is 2.99. The number of nitrogens with two attached hydrogens (primary N) is 2. The molecule has 0 heterocycles.